The fraction of sp³-hybridized carbons (Fsp3) is 0.583. The van der Waals surface area contributed by atoms with Gasteiger partial charge in [-0.15, -0.1) is 0 Å². The number of piperidine rings is 1. The molecular formula is C12H12ClF2N3O. The Labute approximate surface area is 113 Å². The number of hydrogen-bond acceptors (Lipinski definition) is 3. The molecule has 1 saturated carbocycles. The molecule has 0 atom stereocenters. The second-order valence-corrected chi connectivity index (χ2v) is 5.54. The number of hydrogen-bond donors (Lipinski definition) is 0. The van der Waals surface area contributed by atoms with Crippen LogP contribution < -0.4 is 4.90 Å². The molecule has 2 fully saturated rings. The molecule has 1 saturated heterocycles. The predicted molar refractivity (Wildman–Crippen MR) is 65.3 cm³/mol. The maximum absolute atomic E-state index is 12.5. The lowest BCUT2D eigenvalue weighted by Crippen LogP contribution is -2.40. The van der Waals surface area contributed by atoms with E-state index in [1.54, 1.807) is 0 Å². The normalized spacial score (nSPS) is 21.3. The van der Waals surface area contributed by atoms with E-state index in [1.165, 1.54) is 11.1 Å². The van der Waals surface area contributed by atoms with Crippen LogP contribution in [0.25, 0.3) is 0 Å². The summed E-state index contributed by atoms with van der Waals surface area (Å²) in [6.45, 7) is 0.553. The number of carbonyl (C=O) groups excluding carboxylic acids is 1. The van der Waals surface area contributed by atoms with E-state index < -0.39 is 12.1 Å². The molecule has 1 aromatic heterocycles. The van der Waals surface area contributed by atoms with E-state index in [0.717, 1.165) is 19.3 Å². The SMILES string of the molecule is O=C1CC2(CCN1c1cnc(C(F)F)c(Cl)n1)CC2. The molecule has 1 aliphatic carbocycles. The first kappa shape index (κ1) is 12.7. The van der Waals surface area contributed by atoms with Gasteiger partial charge in [-0.25, -0.2) is 18.7 Å². The predicted octanol–water partition coefficient (Wildman–Crippen LogP) is 2.97. The van der Waals surface area contributed by atoms with E-state index in [9.17, 15) is 13.6 Å². The minimum Gasteiger partial charge on any atom is -0.295 e. The van der Waals surface area contributed by atoms with Crippen molar-refractivity contribution in [3.05, 3.63) is 17.0 Å². The summed E-state index contributed by atoms with van der Waals surface area (Å²) >= 11 is 5.67. The summed E-state index contributed by atoms with van der Waals surface area (Å²) < 4.78 is 25.0. The van der Waals surface area contributed by atoms with Gasteiger partial charge >= 0.3 is 0 Å². The van der Waals surface area contributed by atoms with Crippen molar-refractivity contribution < 1.29 is 13.6 Å². The van der Waals surface area contributed by atoms with Crippen LogP contribution in [0.3, 0.4) is 0 Å². The first-order chi connectivity index (χ1) is 9.01. The molecule has 0 N–H and O–H groups in total. The van der Waals surface area contributed by atoms with Crippen molar-refractivity contribution in [2.24, 2.45) is 5.41 Å². The Morgan fingerprint density at radius 1 is 1.37 bits per heavy atom. The van der Waals surface area contributed by atoms with Gasteiger partial charge in [0.15, 0.2) is 11.0 Å². The summed E-state index contributed by atoms with van der Waals surface area (Å²) in [6.07, 6.45) is 2.06. The second-order valence-electron chi connectivity index (χ2n) is 5.18. The molecule has 1 aromatic rings. The number of rotatable bonds is 2. The summed E-state index contributed by atoms with van der Waals surface area (Å²) in [6, 6.07) is 0. The molecule has 2 heterocycles. The Morgan fingerprint density at radius 2 is 2.11 bits per heavy atom. The number of anilines is 1. The lowest BCUT2D eigenvalue weighted by Gasteiger charge is -2.30. The Kier molecular flexibility index (Phi) is 2.92. The molecule has 4 nitrogen and oxygen atoms in total. The number of aromatic nitrogens is 2. The van der Waals surface area contributed by atoms with Crippen molar-refractivity contribution >= 4 is 23.3 Å². The van der Waals surface area contributed by atoms with Crippen molar-refractivity contribution in [3.8, 4) is 0 Å². The van der Waals surface area contributed by atoms with Gasteiger partial charge in [0, 0.05) is 13.0 Å². The highest BCUT2D eigenvalue weighted by atomic mass is 35.5. The molecule has 1 aliphatic heterocycles. The summed E-state index contributed by atoms with van der Waals surface area (Å²) in [7, 11) is 0. The van der Waals surface area contributed by atoms with Crippen LogP contribution in [-0.2, 0) is 4.79 Å². The fourth-order valence-corrected chi connectivity index (χ4v) is 2.69. The maximum atomic E-state index is 12.5. The first-order valence-electron chi connectivity index (χ1n) is 6.12. The molecule has 2 aliphatic rings. The highest BCUT2D eigenvalue weighted by Gasteiger charge is 2.48. The second kappa shape index (κ2) is 4.37. The lowest BCUT2D eigenvalue weighted by molar-refractivity contribution is -0.121. The summed E-state index contributed by atoms with van der Waals surface area (Å²) in [5.41, 5.74) is -0.346. The van der Waals surface area contributed by atoms with Gasteiger partial charge in [0.05, 0.1) is 6.20 Å². The molecule has 0 radical (unpaired) electrons. The summed E-state index contributed by atoms with van der Waals surface area (Å²) in [5, 5.41) is -0.341. The van der Waals surface area contributed by atoms with Crippen LogP contribution in [-0.4, -0.2) is 22.4 Å². The number of amides is 1. The molecule has 0 bridgehead atoms. The third-order valence-electron chi connectivity index (χ3n) is 3.88. The van der Waals surface area contributed by atoms with E-state index in [1.807, 2.05) is 0 Å². The van der Waals surface area contributed by atoms with Crippen molar-refractivity contribution in [2.75, 3.05) is 11.4 Å². The summed E-state index contributed by atoms with van der Waals surface area (Å²) in [4.78, 5) is 21.0. The van der Waals surface area contributed by atoms with Gasteiger partial charge in [0.25, 0.3) is 6.43 Å². The minimum atomic E-state index is -2.76. The van der Waals surface area contributed by atoms with Gasteiger partial charge in [-0.1, -0.05) is 11.6 Å². The van der Waals surface area contributed by atoms with Crippen molar-refractivity contribution in [3.63, 3.8) is 0 Å². The van der Waals surface area contributed by atoms with E-state index in [2.05, 4.69) is 9.97 Å². The van der Waals surface area contributed by atoms with Crippen LogP contribution in [0.5, 0.6) is 0 Å². The Morgan fingerprint density at radius 3 is 2.63 bits per heavy atom. The molecule has 7 heteroatoms. The van der Waals surface area contributed by atoms with Gasteiger partial charge in [0.2, 0.25) is 5.91 Å². The zero-order valence-electron chi connectivity index (χ0n) is 10.1. The topological polar surface area (TPSA) is 46.1 Å². The Hall–Kier alpha value is -1.30. The molecule has 1 amide bonds. The van der Waals surface area contributed by atoms with Crippen LogP contribution in [0.2, 0.25) is 5.15 Å². The third-order valence-corrected chi connectivity index (χ3v) is 4.15. The molecule has 0 aromatic carbocycles. The molecule has 19 heavy (non-hydrogen) atoms. The van der Waals surface area contributed by atoms with Gasteiger partial charge < -0.3 is 0 Å². The average molecular weight is 288 g/mol. The van der Waals surface area contributed by atoms with Crippen molar-refractivity contribution in [1.82, 2.24) is 9.97 Å². The molecule has 0 unspecified atom stereocenters. The standard InChI is InChI=1S/C12H12ClF2N3O/c13-10-9(11(14)15)16-6-7(17-10)18-4-3-12(1-2-12)5-8(18)19/h6,11H,1-5H2. The minimum absolute atomic E-state index is 0.0288. The monoisotopic (exact) mass is 287 g/mol. The van der Waals surface area contributed by atoms with Gasteiger partial charge in [-0.05, 0) is 24.7 Å². The van der Waals surface area contributed by atoms with Gasteiger partial charge in [0.1, 0.15) is 5.69 Å². The smallest absolute Gasteiger partial charge is 0.283 e. The highest BCUT2D eigenvalue weighted by Crippen LogP contribution is 2.54. The Bertz CT molecular complexity index is 534. The Balaban J connectivity index is 1.82. The molecule has 3 rings (SSSR count). The van der Waals surface area contributed by atoms with Crippen LogP contribution in [0.1, 0.15) is 37.8 Å². The van der Waals surface area contributed by atoms with Crippen LogP contribution in [0.15, 0.2) is 6.20 Å². The first-order valence-corrected chi connectivity index (χ1v) is 6.50. The van der Waals surface area contributed by atoms with E-state index in [4.69, 9.17) is 11.6 Å². The molecular weight excluding hydrogens is 276 g/mol. The average Bonchev–Trinajstić information content (AvgIpc) is 3.08. The third kappa shape index (κ3) is 2.29. The van der Waals surface area contributed by atoms with Gasteiger partial charge in [-0.2, -0.15) is 0 Å². The van der Waals surface area contributed by atoms with E-state index >= 15 is 0 Å². The van der Waals surface area contributed by atoms with E-state index in [-0.39, 0.29) is 22.3 Å². The number of carbonyl (C=O) groups is 1. The van der Waals surface area contributed by atoms with E-state index in [0.29, 0.717) is 13.0 Å². The quantitative estimate of drug-likeness (QED) is 0.840. The zero-order valence-corrected chi connectivity index (χ0v) is 10.8. The highest BCUT2D eigenvalue weighted by molar-refractivity contribution is 6.30. The number of alkyl halides is 2. The summed E-state index contributed by atoms with van der Waals surface area (Å²) in [5.74, 6) is 0.230. The fourth-order valence-electron chi connectivity index (χ4n) is 2.47. The van der Waals surface area contributed by atoms with Crippen molar-refractivity contribution in [2.45, 2.75) is 32.1 Å². The number of nitrogens with zero attached hydrogens (tertiary/aromatic N) is 3. The van der Waals surface area contributed by atoms with Crippen LogP contribution in [0, 0.1) is 5.41 Å². The largest absolute Gasteiger partial charge is 0.295 e. The molecule has 102 valence electrons. The van der Waals surface area contributed by atoms with Crippen LogP contribution in [0.4, 0.5) is 14.6 Å². The van der Waals surface area contributed by atoms with Crippen molar-refractivity contribution in [1.29, 1.82) is 0 Å². The lowest BCUT2D eigenvalue weighted by atomic mass is 9.93. The molecule has 1 spiro atoms. The zero-order chi connectivity index (χ0) is 13.6. The number of halogens is 3. The van der Waals surface area contributed by atoms with Crippen LogP contribution >= 0.6 is 11.6 Å². The maximum Gasteiger partial charge on any atom is 0.283 e. The van der Waals surface area contributed by atoms with Gasteiger partial charge in [-0.3, -0.25) is 9.69 Å².